The highest BCUT2D eigenvalue weighted by molar-refractivity contribution is 7.99. The molecule has 0 aromatic carbocycles. The van der Waals surface area contributed by atoms with E-state index >= 15 is 0 Å². The van der Waals surface area contributed by atoms with E-state index in [0.717, 1.165) is 40.4 Å². The van der Waals surface area contributed by atoms with E-state index in [-0.39, 0.29) is 5.75 Å². The smallest absolute Gasteiger partial charge is 0.316 e. The Bertz CT molecular complexity index is 1150. The van der Waals surface area contributed by atoms with Gasteiger partial charge < -0.3 is 20.4 Å². The molecule has 0 spiro atoms. The standard InChI is InChI=1S/C20H21N5O4S3/c1-2-25-18(13-7-4-8-30-13)23-24-20(25)31-10-15(27)29-9-14(26)22-19-16(17(21)28)11-5-3-6-12(11)32-19/h4,7-8H,2-3,5-6,9-10H2,1H3,(H2,21,28)(H,22,26). The van der Waals surface area contributed by atoms with Crippen LogP contribution in [0.1, 0.15) is 34.1 Å². The predicted molar refractivity (Wildman–Crippen MR) is 124 cm³/mol. The first-order chi connectivity index (χ1) is 15.5. The van der Waals surface area contributed by atoms with Gasteiger partial charge in [0.25, 0.3) is 11.8 Å². The number of rotatable bonds is 9. The van der Waals surface area contributed by atoms with Gasteiger partial charge in [0.1, 0.15) is 5.00 Å². The molecule has 3 N–H and O–H groups in total. The lowest BCUT2D eigenvalue weighted by Gasteiger charge is -2.08. The van der Waals surface area contributed by atoms with E-state index in [4.69, 9.17) is 10.5 Å². The van der Waals surface area contributed by atoms with Gasteiger partial charge in [0.05, 0.1) is 16.2 Å². The number of esters is 1. The third kappa shape index (κ3) is 4.71. The Hall–Kier alpha value is -2.70. The first-order valence-electron chi connectivity index (χ1n) is 9.97. The number of thioether (sulfide) groups is 1. The minimum Gasteiger partial charge on any atom is -0.455 e. The van der Waals surface area contributed by atoms with Crippen molar-refractivity contribution in [2.24, 2.45) is 5.73 Å². The lowest BCUT2D eigenvalue weighted by Crippen LogP contribution is -2.23. The highest BCUT2D eigenvalue weighted by Gasteiger charge is 2.26. The van der Waals surface area contributed by atoms with Crippen LogP contribution in [0.25, 0.3) is 10.7 Å². The van der Waals surface area contributed by atoms with Crippen LogP contribution in [0.4, 0.5) is 5.00 Å². The largest absolute Gasteiger partial charge is 0.455 e. The molecule has 9 nitrogen and oxygen atoms in total. The van der Waals surface area contributed by atoms with Gasteiger partial charge in [-0.1, -0.05) is 17.8 Å². The van der Waals surface area contributed by atoms with Crippen molar-refractivity contribution >= 4 is 57.2 Å². The molecular weight excluding hydrogens is 470 g/mol. The summed E-state index contributed by atoms with van der Waals surface area (Å²) in [5, 5.41) is 14.0. The van der Waals surface area contributed by atoms with Crippen LogP contribution in [0.3, 0.4) is 0 Å². The topological polar surface area (TPSA) is 129 Å². The van der Waals surface area contributed by atoms with Crippen LogP contribution in [0.5, 0.6) is 0 Å². The maximum atomic E-state index is 12.3. The second kappa shape index (κ2) is 9.84. The van der Waals surface area contributed by atoms with Crippen LogP contribution in [-0.2, 0) is 33.7 Å². The second-order valence-corrected chi connectivity index (χ2v) is 9.95. The minimum absolute atomic E-state index is 0.00428. The molecule has 168 valence electrons. The molecule has 0 bridgehead atoms. The molecule has 0 saturated heterocycles. The number of ether oxygens (including phenoxy) is 1. The zero-order valence-electron chi connectivity index (χ0n) is 17.3. The molecule has 0 unspecified atom stereocenters. The summed E-state index contributed by atoms with van der Waals surface area (Å²) in [6.45, 7) is 2.20. The summed E-state index contributed by atoms with van der Waals surface area (Å²) in [6.07, 6.45) is 2.63. The molecule has 0 atom stereocenters. The van der Waals surface area contributed by atoms with Crippen molar-refractivity contribution in [1.29, 1.82) is 0 Å². The fourth-order valence-electron chi connectivity index (χ4n) is 3.50. The maximum absolute atomic E-state index is 12.3. The zero-order valence-corrected chi connectivity index (χ0v) is 19.7. The van der Waals surface area contributed by atoms with Crippen molar-refractivity contribution < 1.29 is 19.1 Å². The molecule has 32 heavy (non-hydrogen) atoms. The van der Waals surface area contributed by atoms with Crippen molar-refractivity contribution in [2.45, 2.75) is 37.9 Å². The predicted octanol–water partition coefficient (Wildman–Crippen LogP) is 2.95. The number of anilines is 1. The highest BCUT2D eigenvalue weighted by atomic mass is 32.2. The first-order valence-corrected chi connectivity index (χ1v) is 12.7. The van der Waals surface area contributed by atoms with Gasteiger partial charge in [-0.15, -0.1) is 32.9 Å². The van der Waals surface area contributed by atoms with Crippen LogP contribution in [-0.4, -0.2) is 44.9 Å². The number of nitrogens with one attached hydrogen (secondary N) is 1. The average Bonchev–Trinajstić information content (AvgIpc) is 3.53. The van der Waals surface area contributed by atoms with E-state index in [1.807, 2.05) is 29.0 Å². The molecule has 0 aliphatic heterocycles. The Labute approximate surface area is 196 Å². The number of fused-ring (bicyclic) bond motifs is 1. The van der Waals surface area contributed by atoms with E-state index < -0.39 is 24.4 Å². The van der Waals surface area contributed by atoms with Crippen LogP contribution in [0.15, 0.2) is 22.7 Å². The van der Waals surface area contributed by atoms with Gasteiger partial charge in [-0.05, 0) is 43.2 Å². The zero-order chi connectivity index (χ0) is 22.7. The van der Waals surface area contributed by atoms with E-state index in [2.05, 4.69) is 15.5 Å². The first kappa shape index (κ1) is 22.5. The van der Waals surface area contributed by atoms with Crippen LogP contribution in [0.2, 0.25) is 0 Å². The number of nitrogens with two attached hydrogens (primary N) is 1. The van der Waals surface area contributed by atoms with Crippen molar-refractivity contribution in [3.8, 4) is 10.7 Å². The summed E-state index contributed by atoms with van der Waals surface area (Å²) < 4.78 is 7.02. The molecule has 0 saturated carbocycles. The van der Waals surface area contributed by atoms with Gasteiger partial charge in [-0.2, -0.15) is 0 Å². The summed E-state index contributed by atoms with van der Waals surface area (Å²) in [4.78, 5) is 38.3. The fraction of sp³-hybridized carbons (Fsp3) is 0.350. The maximum Gasteiger partial charge on any atom is 0.316 e. The fourth-order valence-corrected chi connectivity index (χ4v) is 6.32. The number of amides is 2. The van der Waals surface area contributed by atoms with Crippen molar-refractivity contribution in [3.63, 3.8) is 0 Å². The van der Waals surface area contributed by atoms with E-state index in [9.17, 15) is 14.4 Å². The SMILES string of the molecule is CCn1c(SCC(=O)OCC(=O)Nc2sc3c(c2C(N)=O)CCC3)nnc1-c1cccs1. The normalized spacial score (nSPS) is 12.5. The summed E-state index contributed by atoms with van der Waals surface area (Å²) in [7, 11) is 0. The number of hydrogen-bond acceptors (Lipinski definition) is 9. The lowest BCUT2D eigenvalue weighted by molar-refractivity contribution is -0.144. The molecule has 2 amide bonds. The number of aryl methyl sites for hydroxylation is 1. The van der Waals surface area contributed by atoms with Gasteiger partial charge in [-0.3, -0.25) is 14.4 Å². The molecule has 1 aliphatic carbocycles. The van der Waals surface area contributed by atoms with E-state index in [1.165, 1.54) is 23.1 Å². The number of primary amides is 1. The Morgan fingerprint density at radius 1 is 1.31 bits per heavy atom. The van der Waals surface area contributed by atoms with Crippen LogP contribution < -0.4 is 11.1 Å². The van der Waals surface area contributed by atoms with Crippen molar-refractivity contribution in [1.82, 2.24) is 14.8 Å². The van der Waals surface area contributed by atoms with Crippen molar-refractivity contribution in [3.05, 3.63) is 33.5 Å². The molecule has 1 aliphatic rings. The quantitative estimate of drug-likeness (QED) is 0.348. The molecule has 0 fully saturated rings. The molecule has 0 radical (unpaired) electrons. The third-order valence-electron chi connectivity index (χ3n) is 4.88. The van der Waals surface area contributed by atoms with Gasteiger partial charge in [0, 0.05) is 11.4 Å². The number of nitrogens with zero attached hydrogens (tertiary/aromatic N) is 3. The van der Waals surface area contributed by atoms with E-state index in [0.29, 0.717) is 22.3 Å². The van der Waals surface area contributed by atoms with Crippen molar-refractivity contribution in [2.75, 3.05) is 17.7 Å². The molecular formula is C20H21N5O4S3. The highest BCUT2D eigenvalue weighted by Crippen LogP contribution is 2.38. The molecule has 4 rings (SSSR count). The number of aromatic nitrogens is 3. The number of thiophene rings is 2. The van der Waals surface area contributed by atoms with Gasteiger partial charge in [-0.25, -0.2) is 0 Å². The summed E-state index contributed by atoms with van der Waals surface area (Å²) in [5.74, 6) is -0.865. The lowest BCUT2D eigenvalue weighted by atomic mass is 10.1. The Morgan fingerprint density at radius 2 is 2.16 bits per heavy atom. The van der Waals surface area contributed by atoms with E-state index in [1.54, 1.807) is 11.3 Å². The summed E-state index contributed by atoms with van der Waals surface area (Å²) in [6, 6.07) is 3.91. The summed E-state index contributed by atoms with van der Waals surface area (Å²) in [5.41, 5.74) is 6.79. The van der Waals surface area contributed by atoms with Gasteiger partial charge in [0.15, 0.2) is 17.6 Å². The van der Waals surface area contributed by atoms with Gasteiger partial charge in [0.2, 0.25) is 0 Å². The monoisotopic (exact) mass is 491 g/mol. The summed E-state index contributed by atoms with van der Waals surface area (Å²) >= 11 is 4.13. The Kier molecular flexibility index (Phi) is 6.92. The molecule has 3 heterocycles. The Morgan fingerprint density at radius 3 is 2.88 bits per heavy atom. The third-order valence-corrected chi connectivity index (χ3v) is 7.89. The number of carbonyl (C=O) groups excluding carboxylic acids is 3. The number of hydrogen-bond donors (Lipinski definition) is 2. The van der Waals surface area contributed by atoms with Crippen LogP contribution in [0, 0.1) is 0 Å². The molecule has 12 heteroatoms. The average molecular weight is 492 g/mol. The van der Waals surface area contributed by atoms with Crippen LogP contribution >= 0.6 is 34.4 Å². The Balaban J connectivity index is 1.30. The second-order valence-electron chi connectivity index (χ2n) is 6.95. The minimum atomic E-state index is -0.560. The molecule has 3 aromatic heterocycles. The molecule has 3 aromatic rings. The van der Waals surface area contributed by atoms with Gasteiger partial charge >= 0.3 is 5.97 Å². The number of carbonyl (C=O) groups is 3.